The summed E-state index contributed by atoms with van der Waals surface area (Å²) in [6.07, 6.45) is 4.26. The van der Waals surface area contributed by atoms with E-state index in [0.29, 0.717) is 5.95 Å². The fourth-order valence-electron chi connectivity index (χ4n) is 1.87. The molecule has 1 aromatic carbocycles. The van der Waals surface area contributed by atoms with Gasteiger partial charge in [-0.25, -0.2) is 9.37 Å². The molecule has 0 bridgehead atoms. The molecule has 0 aliphatic rings. The molecule has 1 aromatic heterocycles. The predicted octanol–water partition coefficient (Wildman–Crippen LogP) is 2.90. The Morgan fingerprint density at radius 1 is 1.41 bits per heavy atom. The first kappa shape index (κ1) is 12.2. The predicted molar refractivity (Wildman–Crippen MR) is 71.7 cm³/mol. The van der Waals surface area contributed by atoms with Crippen LogP contribution >= 0.6 is 11.8 Å². The Kier molecular flexibility index (Phi) is 3.89. The van der Waals surface area contributed by atoms with E-state index in [1.54, 1.807) is 6.07 Å². The minimum atomic E-state index is -0.247. The number of hydrogen-bond donors (Lipinski definition) is 1. The number of fused-ring (bicyclic) bond motifs is 1. The summed E-state index contributed by atoms with van der Waals surface area (Å²) in [7, 11) is 0. The van der Waals surface area contributed by atoms with Crippen molar-refractivity contribution in [1.29, 1.82) is 0 Å². The van der Waals surface area contributed by atoms with E-state index in [0.717, 1.165) is 36.2 Å². The normalized spacial score (nSPS) is 11.2. The third kappa shape index (κ3) is 2.72. The molecule has 2 rings (SSSR count). The highest BCUT2D eigenvalue weighted by atomic mass is 32.2. The van der Waals surface area contributed by atoms with Gasteiger partial charge in [-0.3, -0.25) is 0 Å². The molecule has 0 unspecified atom stereocenters. The van der Waals surface area contributed by atoms with Gasteiger partial charge in [0.05, 0.1) is 11.0 Å². The van der Waals surface area contributed by atoms with E-state index in [9.17, 15) is 4.39 Å². The van der Waals surface area contributed by atoms with Crippen molar-refractivity contribution in [2.75, 3.05) is 17.7 Å². The average molecular weight is 253 g/mol. The number of unbranched alkanes of at least 4 members (excludes halogenated alkanes) is 1. The number of rotatable bonds is 5. The molecule has 0 amide bonds. The van der Waals surface area contributed by atoms with Crippen molar-refractivity contribution in [3.05, 3.63) is 24.0 Å². The van der Waals surface area contributed by atoms with E-state index in [4.69, 9.17) is 5.73 Å². The Hall–Kier alpha value is -1.23. The minimum absolute atomic E-state index is 0.247. The van der Waals surface area contributed by atoms with Crippen LogP contribution in [-0.2, 0) is 6.54 Å². The number of hydrogen-bond acceptors (Lipinski definition) is 3. The number of thioether (sulfide) groups is 1. The molecule has 0 atom stereocenters. The lowest BCUT2D eigenvalue weighted by molar-refractivity contribution is 0.625. The van der Waals surface area contributed by atoms with Crippen LogP contribution in [0.15, 0.2) is 18.2 Å². The van der Waals surface area contributed by atoms with Crippen LogP contribution in [0.5, 0.6) is 0 Å². The van der Waals surface area contributed by atoms with Gasteiger partial charge < -0.3 is 10.3 Å². The quantitative estimate of drug-likeness (QED) is 0.833. The van der Waals surface area contributed by atoms with Crippen molar-refractivity contribution in [3.8, 4) is 0 Å². The Morgan fingerprint density at radius 2 is 2.24 bits per heavy atom. The van der Waals surface area contributed by atoms with Crippen LogP contribution in [-0.4, -0.2) is 21.6 Å². The summed E-state index contributed by atoms with van der Waals surface area (Å²) in [5, 5.41) is 0. The first-order chi connectivity index (χ1) is 8.22. The van der Waals surface area contributed by atoms with Crippen molar-refractivity contribution in [3.63, 3.8) is 0 Å². The van der Waals surface area contributed by atoms with Gasteiger partial charge in [0, 0.05) is 6.54 Å². The van der Waals surface area contributed by atoms with Gasteiger partial charge in [0.2, 0.25) is 5.95 Å². The van der Waals surface area contributed by atoms with Gasteiger partial charge in [0.25, 0.3) is 0 Å². The molecule has 0 saturated heterocycles. The molecule has 92 valence electrons. The van der Waals surface area contributed by atoms with Crippen LogP contribution in [0.25, 0.3) is 11.0 Å². The third-order valence-electron chi connectivity index (χ3n) is 2.72. The van der Waals surface area contributed by atoms with Crippen LogP contribution in [0.1, 0.15) is 12.8 Å². The molecule has 2 N–H and O–H groups in total. The average Bonchev–Trinajstić information content (AvgIpc) is 2.61. The van der Waals surface area contributed by atoms with Crippen molar-refractivity contribution in [1.82, 2.24) is 9.55 Å². The Morgan fingerprint density at radius 3 is 3.00 bits per heavy atom. The molecule has 17 heavy (non-hydrogen) atoms. The Labute approximate surface area is 104 Å². The topological polar surface area (TPSA) is 43.8 Å². The number of benzene rings is 1. The number of nitrogens with zero attached hydrogens (tertiary/aromatic N) is 2. The second kappa shape index (κ2) is 5.40. The standard InChI is InChI=1S/C12H16FN3S/c1-17-7-3-2-6-16-11-8-9(13)4-5-10(11)15-12(16)14/h4-5,8H,2-3,6-7H2,1H3,(H2,14,15). The number of halogens is 1. The maximum Gasteiger partial charge on any atom is 0.201 e. The fraction of sp³-hybridized carbons (Fsp3) is 0.417. The number of imidazole rings is 1. The van der Waals surface area contributed by atoms with Crippen molar-refractivity contribution < 1.29 is 4.39 Å². The zero-order valence-corrected chi connectivity index (χ0v) is 10.6. The minimum Gasteiger partial charge on any atom is -0.369 e. The lowest BCUT2D eigenvalue weighted by atomic mass is 10.3. The van der Waals surface area contributed by atoms with Gasteiger partial charge in [-0.15, -0.1) is 0 Å². The van der Waals surface area contributed by atoms with Gasteiger partial charge in [-0.2, -0.15) is 11.8 Å². The number of nitrogens with two attached hydrogens (primary N) is 1. The summed E-state index contributed by atoms with van der Waals surface area (Å²) in [6, 6.07) is 4.57. The fourth-order valence-corrected chi connectivity index (χ4v) is 2.36. The summed E-state index contributed by atoms with van der Waals surface area (Å²) in [5.74, 6) is 1.36. The van der Waals surface area contributed by atoms with Gasteiger partial charge in [0.1, 0.15) is 5.82 Å². The molecule has 3 nitrogen and oxygen atoms in total. The van der Waals surface area contributed by atoms with E-state index in [-0.39, 0.29) is 5.82 Å². The van der Waals surface area contributed by atoms with E-state index in [1.165, 1.54) is 12.1 Å². The second-order valence-electron chi connectivity index (χ2n) is 3.95. The monoisotopic (exact) mass is 253 g/mol. The number of nitrogen functional groups attached to an aromatic ring is 1. The smallest absolute Gasteiger partial charge is 0.201 e. The Bertz CT molecular complexity index is 510. The second-order valence-corrected chi connectivity index (χ2v) is 4.94. The maximum atomic E-state index is 13.2. The highest BCUT2D eigenvalue weighted by Gasteiger charge is 2.08. The lowest BCUT2D eigenvalue weighted by Crippen LogP contribution is -2.03. The van der Waals surface area contributed by atoms with Crippen molar-refractivity contribution in [2.24, 2.45) is 0 Å². The van der Waals surface area contributed by atoms with Gasteiger partial charge in [-0.1, -0.05) is 0 Å². The summed E-state index contributed by atoms with van der Waals surface area (Å²) in [5.41, 5.74) is 7.38. The van der Waals surface area contributed by atoms with E-state index < -0.39 is 0 Å². The highest BCUT2D eigenvalue weighted by molar-refractivity contribution is 7.98. The zero-order chi connectivity index (χ0) is 12.3. The molecule has 1 heterocycles. The summed E-state index contributed by atoms with van der Waals surface area (Å²) in [4.78, 5) is 4.22. The van der Waals surface area contributed by atoms with Crippen LogP contribution in [0, 0.1) is 5.82 Å². The summed E-state index contributed by atoms with van der Waals surface area (Å²) in [6.45, 7) is 0.798. The van der Waals surface area contributed by atoms with Crippen LogP contribution in [0.4, 0.5) is 10.3 Å². The molecule has 5 heteroatoms. The van der Waals surface area contributed by atoms with E-state index >= 15 is 0 Å². The lowest BCUT2D eigenvalue weighted by Gasteiger charge is -2.05. The molecule has 0 saturated carbocycles. The number of anilines is 1. The van der Waals surface area contributed by atoms with Gasteiger partial charge in [0.15, 0.2) is 0 Å². The van der Waals surface area contributed by atoms with Crippen molar-refractivity contribution >= 4 is 28.7 Å². The largest absolute Gasteiger partial charge is 0.369 e. The third-order valence-corrected chi connectivity index (χ3v) is 3.42. The molecular formula is C12H16FN3S. The van der Waals surface area contributed by atoms with Crippen LogP contribution in [0.3, 0.4) is 0 Å². The maximum absolute atomic E-state index is 13.2. The number of aromatic nitrogens is 2. The molecule has 0 fully saturated rings. The first-order valence-corrected chi connectivity index (χ1v) is 7.02. The molecule has 0 spiro atoms. The van der Waals surface area contributed by atoms with Crippen LogP contribution in [0.2, 0.25) is 0 Å². The number of aryl methyl sites for hydroxylation is 1. The molecule has 0 aliphatic heterocycles. The summed E-state index contributed by atoms with van der Waals surface area (Å²) < 4.78 is 15.1. The summed E-state index contributed by atoms with van der Waals surface area (Å²) >= 11 is 1.83. The van der Waals surface area contributed by atoms with E-state index in [1.807, 2.05) is 16.3 Å². The zero-order valence-electron chi connectivity index (χ0n) is 9.82. The van der Waals surface area contributed by atoms with Gasteiger partial charge in [-0.05, 0) is 43.0 Å². The Balaban J connectivity index is 2.20. The molecule has 0 aliphatic carbocycles. The highest BCUT2D eigenvalue weighted by Crippen LogP contribution is 2.19. The first-order valence-electron chi connectivity index (χ1n) is 5.62. The van der Waals surface area contributed by atoms with Crippen LogP contribution < -0.4 is 5.73 Å². The van der Waals surface area contributed by atoms with Crippen molar-refractivity contribution in [2.45, 2.75) is 19.4 Å². The SMILES string of the molecule is CSCCCCn1c(N)nc2ccc(F)cc21. The molecule has 2 aromatic rings. The van der Waals surface area contributed by atoms with Gasteiger partial charge >= 0.3 is 0 Å². The molecule has 0 radical (unpaired) electrons. The van der Waals surface area contributed by atoms with E-state index in [2.05, 4.69) is 11.2 Å². The molecular weight excluding hydrogens is 237 g/mol.